The van der Waals surface area contributed by atoms with Crippen LogP contribution in [0.3, 0.4) is 0 Å². The highest BCUT2D eigenvalue weighted by molar-refractivity contribution is 7.18. The standard InChI is InChI=1S/C13H12N6O3S/c1-2-22-11-9(10-15-6-16-19-10)23-12(18-11)7-3-4-14-8(5-7)17-13(20)21/h3-6H,2H2,1H3,(H,14,17)(H,20,21)(H,15,16,19). The van der Waals surface area contributed by atoms with Crippen molar-refractivity contribution in [3.8, 4) is 27.2 Å². The molecule has 0 unspecified atom stereocenters. The Bertz CT molecular complexity index is 817. The average Bonchev–Trinajstić information content (AvgIpc) is 3.16. The summed E-state index contributed by atoms with van der Waals surface area (Å²) in [5, 5.41) is 18.3. The van der Waals surface area contributed by atoms with Gasteiger partial charge in [-0.3, -0.25) is 10.4 Å². The summed E-state index contributed by atoms with van der Waals surface area (Å²) in [6.07, 6.45) is 1.74. The summed E-state index contributed by atoms with van der Waals surface area (Å²) >= 11 is 1.37. The molecule has 0 aromatic carbocycles. The molecule has 3 heterocycles. The van der Waals surface area contributed by atoms with Crippen molar-refractivity contribution in [1.82, 2.24) is 25.1 Å². The Hall–Kier alpha value is -3.01. The molecule has 10 heteroatoms. The van der Waals surface area contributed by atoms with E-state index in [9.17, 15) is 4.79 Å². The van der Waals surface area contributed by atoms with Crippen LogP contribution < -0.4 is 10.1 Å². The van der Waals surface area contributed by atoms with Gasteiger partial charge in [-0.1, -0.05) is 0 Å². The summed E-state index contributed by atoms with van der Waals surface area (Å²) in [4.78, 5) is 23.9. The third-order valence-electron chi connectivity index (χ3n) is 2.75. The van der Waals surface area contributed by atoms with E-state index in [1.54, 1.807) is 12.1 Å². The molecule has 9 nitrogen and oxygen atoms in total. The van der Waals surface area contributed by atoms with E-state index in [4.69, 9.17) is 9.84 Å². The fraction of sp³-hybridized carbons (Fsp3) is 0.154. The molecule has 0 fully saturated rings. The molecule has 0 atom stereocenters. The number of pyridine rings is 1. The predicted molar refractivity (Wildman–Crippen MR) is 83.5 cm³/mol. The molecular weight excluding hydrogens is 320 g/mol. The van der Waals surface area contributed by atoms with Crippen molar-refractivity contribution in [3.63, 3.8) is 0 Å². The molecule has 0 aliphatic carbocycles. The molecule has 1 amide bonds. The van der Waals surface area contributed by atoms with E-state index in [0.717, 1.165) is 10.4 Å². The lowest BCUT2D eigenvalue weighted by atomic mass is 10.3. The lowest BCUT2D eigenvalue weighted by molar-refractivity contribution is 0.209. The molecule has 3 rings (SSSR count). The van der Waals surface area contributed by atoms with Gasteiger partial charge in [-0.2, -0.15) is 5.10 Å². The van der Waals surface area contributed by atoms with Gasteiger partial charge in [-0.05, 0) is 19.1 Å². The maximum atomic E-state index is 10.7. The van der Waals surface area contributed by atoms with Gasteiger partial charge in [0.2, 0.25) is 5.88 Å². The zero-order chi connectivity index (χ0) is 16.2. The maximum absolute atomic E-state index is 10.7. The first-order chi connectivity index (χ1) is 11.2. The van der Waals surface area contributed by atoms with E-state index in [-0.39, 0.29) is 5.82 Å². The normalized spacial score (nSPS) is 10.5. The molecule has 3 aromatic rings. The van der Waals surface area contributed by atoms with E-state index < -0.39 is 6.09 Å². The van der Waals surface area contributed by atoms with E-state index in [1.165, 1.54) is 23.9 Å². The Balaban J connectivity index is 2.00. The van der Waals surface area contributed by atoms with E-state index in [2.05, 4.69) is 30.5 Å². The van der Waals surface area contributed by atoms with Crippen molar-refractivity contribution in [3.05, 3.63) is 24.7 Å². The Morgan fingerprint density at radius 3 is 3.04 bits per heavy atom. The van der Waals surface area contributed by atoms with Crippen molar-refractivity contribution in [2.75, 3.05) is 11.9 Å². The minimum Gasteiger partial charge on any atom is -0.477 e. The number of rotatable bonds is 5. The molecule has 3 N–H and O–H groups in total. The number of H-pyrrole nitrogens is 1. The van der Waals surface area contributed by atoms with Crippen LogP contribution >= 0.6 is 11.3 Å². The van der Waals surface area contributed by atoms with Gasteiger partial charge in [-0.15, -0.1) is 11.3 Å². The van der Waals surface area contributed by atoms with Crippen LogP contribution in [0.5, 0.6) is 5.88 Å². The zero-order valence-corrected chi connectivity index (χ0v) is 12.8. The topological polar surface area (TPSA) is 126 Å². The second-order valence-electron chi connectivity index (χ2n) is 4.28. The second kappa shape index (κ2) is 6.40. The van der Waals surface area contributed by atoms with Crippen molar-refractivity contribution >= 4 is 23.2 Å². The van der Waals surface area contributed by atoms with Gasteiger partial charge < -0.3 is 9.84 Å². The molecule has 3 aromatic heterocycles. The van der Waals surface area contributed by atoms with Gasteiger partial charge >= 0.3 is 6.09 Å². The molecule has 0 saturated heterocycles. The van der Waals surface area contributed by atoms with Crippen molar-refractivity contribution < 1.29 is 14.6 Å². The third-order valence-corrected chi connectivity index (χ3v) is 3.84. The molecule has 23 heavy (non-hydrogen) atoms. The molecule has 0 aliphatic heterocycles. The maximum Gasteiger partial charge on any atom is 0.410 e. The largest absolute Gasteiger partial charge is 0.477 e. The highest BCUT2D eigenvalue weighted by Crippen LogP contribution is 2.38. The molecular formula is C13H12N6O3S. The number of thiazole rings is 1. The quantitative estimate of drug-likeness (QED) is 0.655. The van der Waals surface area contributed by atoms with E-state index in [1.807, 2.05) is 6.92 Å². The number of aromatic nitrogens is 5. The SMILES string of the molecule is CCOc1nc(-c2ccnc(NC(=O)O)c2)sc1-c1ncn[nH]1. The van der Waals surface area contributed by atoms with Crippen LogP contribution in [0.15, 0.2) is 24.7 Å². The van der Waals surface area contributed by atoms with Crippen LogP contribution in [0, 0.1) is 0 Å². The summed E-state index contributed by atoms with van der Waals surface area (Å²) < 4.78 is 5.54. The molecule has 118 valence electrons. The third kappa shape index (κ3) is 3.26. The number of nitrogens with zero attached hydrogens (tertiary/aromatic N) is 4. The first-order valence-electron chi connectivity index (χ1n) is 6.63. The summed E-state index contributed by atoms with van der Waals surface area (Å²) in [5.41, 5.74) is 0.723. The highest BCUT2D eigenvalue weighted by atomic mass is 32.1. The van der Waals surface area contributed by atoms with Gasteiger partial charge in [0.05, 0.1) is 6.61 Å². The predicted octanol–water partition coefficient (Wildman–Crippen LogP) is 2.48. The number of amides is 1. The Kier molecular flexibility index (Phi) is 4.15. The van der Waals surface area contributed by atoms with Crippen LogP contribution in [-0.4, -0.2) is 43.0 Å². The molecule has 0 saturated carbocycles. The lowest BCUT2D eigenvalue weighted by Gasteiger charge is -2.01. The van der Waals surface area contributed by atoms with Crippen molar-refractivity contribution in [2.45, 2.75) is 6.92 Å². The van der Waals surface area contributed by atoms with Gasteiger partial charge in [0.25, 0.3) is 0 Å². The average molecular weight is 332 g/mol. The zero-order valence-electron chi connectivity index (χ0n) is 12.0. The van der Waals surface area contributed by atoms with Crippen molar-refractivity contribution in [2.24, 2.45) is 0 Å². The monoisotopic (exact) mass is 332 g/mol. The summed E-state index contributed by atoms with van der Waals surface area (Å²) in [5.74, 6) is 1.24. The molecule has 0 bridgehead atoms. The van der Waals surface area contributed by atoms with Gasteiger partial charge in [0.1, 0.15) is 22.0 Å². The fourth-order valence-electron chi connectivity index (χ4n) is 1.87. The second-order valence-corrected chi connectivity index (χ2v) is 5.28. The number of hydrogen-bond donors (Lipinski definition) is 3. The summed E-state index contributed by atoms with van der Waals surface area (Å²) in [6, 6.07) is 3.35. The smallest absolute Gasteiger partial charge is 0.410 e. The molecule has 0 aliphatic rings. The van der Waals surface area contributed by atoms with Crippen LogP contribution in [0.4, 0.5) is 10.6 Å². The number of anilines is 1. The van der Waals surface area contributed by atoms with Crippen LogP contribution in [0.1, 0.15) is 6.92 Å². The first-order valence-corrected chi connectivity index (χ1v) is 7.44. The van der Waals surface area contributed by atoms with Crippen LogP contribution in [0.25, 0.3) is 21.3 Å². The van der Waals surface area contributed by atoms with Gasteiger partial charge in [-0.25, -0.2) is 19.7 Å². The lowest BCUT2D eigenvalue weighted by Crippen LogP contribution is -2.08. The van der Waals surface area contributed by atoms with Gasteiger partial charge in [0.15, 0.2) is 5.82 Å². The molecule has 0 radical (unpaired) electrons. The minimum absolute atomic E-state index is 0.226. The fourth-order valence-corrected chi connectivity index (χ4v) is 2.82. The Morgan fingerprint density at radius 2 is 2.35 bits per heavy atom. The number of hydrogen-bond acceptors (Lipinski definition) is 7. The minimum atomic E-state index is -1.17. The highest BCUT2D eigenvalue weighted by Gasteiger charge is 2.18. The number of ether oxygens (including phenoxy) is 1. The van der Waals surface area contributed by atoms with E-state index >= 15 is 0 Å². The molecule has 0 spiro atoms. The number of nitrogens with one attached hydrogen (secondary N) is 2. The van der Waals surface area contributed by atoms with Gasteiger partial charge in [0, 0.05) is 11.8 Å². The number of aromatic amines is 1. The Morgan fingerprint density at radius 1 is 1.48 bits per heavy atom. The summed E-state index contributed by atoms with van der Waals surface area (Å²) in [7, 11) is 0. The van der Waals surface area contributed by atoms with E-state index in [0.29, 0.717) is 23.3 Å². The summed E-state index contributed by atoms with van der Waals surface area (Å²) in [6.45, 7) is 2.33. The van der Waals surface area contributed by atoms with Crippen LogP contribution in [-0.2, 0) is 0 Å². The van der Waals surface area contributed by atoms with Crippen LogP contribution in [0.2, 0.25) is 0 Å². The van der Waals surface area contributed by atoms with Crippen molar-refractivity contribution in [1.29, 1.82) is 0 Å². The first kappa shape index (κ1) is 14.9. The Labute approximate surface area is 134 Å². The number of carboxylic acid groups (broad SMARTS) is 1. The number of carbonyl (C=O) groups is 1.